The van der Waals surface area contributed by atoms with E-state index in [1.165, 1.54) is 34.5 Å². The first kappa shape index (κ1) is 22.9. The van der Waals surface area contributed by atoms with Crippen LogP contribution in [0.1, 0.15) is 5.56 Å². The van der Waals surface area contributed by atoms with Gasteiger partial charge in [-0.3, -0.25) is 4.79 Å². The van der Waals surface area contributed by atoms with Gasteiger partial charge in [0.05, 0.1) is 39.1 Å². The first-order valence-electron chi connectivity index (χ1n) is 8.70. The van der Waals surface area contributed by atoms with Crippen LogP contribution in [0.25, 0.3) is 6.08 Å². The Bertz CT molecular complexity index is 943. The summed E-state index contributed by atoms with van der Waals surface area (Å²) in [7, 11) is 5.70. The first-order valence-corrected chi connectivity index (χ1v) is 9.07. The van der Waals surface area contributed by atoms with E-state index in [1.54, 1.807) is 36.4 Å². The van der Waals surface area contributed by atoms with E-state index >= 15 is 0 Å². The predicted octanol–water partition coefficient (Wildman–Crippen LogP) is 3.57. The molecule has 1 amide bonds. The Morgan fingerprint density at radius 1 is 0.933 bits per heavy atom. The number of carbonyl (C=O) groups excluding carboxylic acids is 2. The topological polar surface area (TPSA) is 92.3 Å². The highest BCUT2D eigenvalue weighted by Gasteiger charge is 2.14. The number of anilines is 1. The fourth-order valence-corrected chi connectivity index (χ4v) is 2.66. The number of hydrogen-bond acceptors (Lipinski definition) is 7. The van der Waals surface area contributed by atoms with Crippen LogP contribution in [0, 0.1) is 0 Å². The lowest BCUT2D eigenvalue weighted by atomic mass is 10.2. The molecule has 2 rings (SSSR count). The molecule has 0 saturated heterocycles. The lowest BCUT2D eigenvalue weighted by Gasteiger charge is -2.14. The molecule has 9 heteroatoms. The van der Waals surface area contributed by atoms with Crippen molar-refractivity contribution in [1.82, 2.24) is 0 Å². The van der Waals surface area contributed by atoms with E-state index in [4.69, 9.17) is 30.5 Å². The molecule has 0 aromatic heterocycles. The molecule has 0 fully saturated rings. The second-order valence-corrected chi connectivity index (χ2v) is 6.20. The summed E-state index contributed by atoms with van der Waals surface area (Å²) in [5.74, 6) is 0.651. The summed E-state index contributed by atoms with van der Waals surface area (Å²) in [6.07, 6.45) is 2.86. The minimum absolute atomic E-state index is 0.276. The number of carbonyl (C=O) groups is 2. The van der Waals surface area contributed by atoms with E-state index < -0.39 is 11.9 Å². The van der Waals surface area contributed by atoms with E-state index in [1.807, 2.05) is 0 Å². The molecule has 0 heterocycles. The van der Waals surface area contributed by atoms with E-state index in [0.29, 0.717) is 39.3 Å². The molecule has 0 aliphatic rings. The van der Waals surface area contributed by atoms with E-state index in [0.717, 1.165) is 0 Å². The molecule has 160 valence electrons. The normalized spacial score (nSPS) is 10.4. The SMILES string of the molecule is COC(=O)/C=C/c1ccc(OCC(=O)Nc2cc(OC)c(Cl)cc2OC)c(OC)c1. The first-order chi connectivity index (χ1) is 14.4. The number of benzene rings is 2. The Hall–Kier alpha value is -3.39. The van der Waals surface area contributed by atoms with Gasteiger partial charge in [0, 0.05) is 18.2 Å². The van der Waals surface area contributed by atoms with E-state index in [-0.39, 0.29) is 6.61 Å². The third-order valence-corrected chi connectivity index (χ3v) is 4.20. The van der Waals surface area contributed by atoms with Crippen molar-refractivity contribution in [3.63, 3.8) is 0 Å². The van der Waals surface area contributed by atoms with Crippen LogP contribution in [0.5, 0.6) is 23.0 Å². The number of methoxy groups -OCH3 is 4. The molecule has 1 N–H and O–H groups in total. The van der Waals surface area contributed by atoms with Crippen molar-refractivity contribution in [3.8, 4) is 23.0 Å². The Labute approximate surface area is 179 Å². The highest BCUT2D eigenvalue weighted by Crippen LogP contribution is 2.36. The fourth-order valence-electron chi connectivity index (χ4n) is 2.43. The monoisotopic (exact) mass is 435 g/mol. The Balaban J connectivity index is 2.07. The van der Waals surface area contributed by atoms with Crippen molar-refractivity contribution >= 4 is 35.2 Å². The van der Waals surface area contributed by atoms with Gasteiger partial charge in [-0.25, -0.2) is 4.79 Å². The number of rotatable bonds is 9. The highest BCUT2D eigenvalue weighted by molar-refractivity contribution is 6.32. The van der Waals surface area contributed by atoms with E-state index in [2.05, 4.69) is 10.1 Å². The van der Waals surface area contributed by atoms with Crippen molar-refractivity contribution in [1.29, 1.82) is 0 Å². The molecule has 2 aromatic carbocycles. The van der Waals surface area contributed by atoms with Gasteiger partial charge in [0.1, 0.15) is 11.5 Å². The van der Waals surface area contributed by atoms with Crippen molar-refractivity contribution in [2.45, 2.75) is 0 Å². The maximum Gasteiger partial charge on any atom is 0.330 e. The van der Waals surface area contributed by atoms with Crippen molar-refractivity contribution in [2.24, 2.45) is 0 Å². The molecule has 0 radical (unpaired) electrons. The lowest BCUT2D eigenvalue weighted by molar-refractivity contribution is -0.134. The van der Waals surface area contributed by atoms with Crippen LogP contribution in [0.2, 0.25) is 5.02 Å². The van der Waals surface area contributed by atoms with Gasteiger partial charge in [0.2, 0.25) is 0 Å². The molecule has 0 bridgehead atoms. The zero-order valence-corrected chi connectivity index (χ0v) is 17.7. The average molecular weight is 436 g/mol. The van der Waals surface area contributed by atoms with Gasteiger partial charge in [-0.2, -0.15) is 0 Å². The third-order valence-electron chi connectivity index (χ3n) is 3.91. The zero-order chi connectivity index (χ0) is 22.1. The number of hydrogen-bond donors (Lipinski definition) is 1. The van der Waals surface area contributed by atoms with Crippen LogP contribution in [0.15, 0.2) is 36.4 Å². The lowest BCUT2D eigenvalue weighted by Crippen LogP contribution is -2.20. The average Bonchev–Trinajstić information content (AvgIpc) is 2.76. The largest absolute Gasteiger partial charge is 0.495 e. The van der Waals surface area contributed by atoms with Crippen molar-refractivity contribution in [2.75, 3.05) is 40.4 Å². The third kappa shape index (κ3) is 6.05. The second kappa shape index (κ2) is 11.0. The van der Waals surface area contributed by atoms with Gasteiger partial charge < -0.3 is 29.0 Å². The minimum atomic E-state index is -0.472. The fraction of sp³-hybridized carbons (Fsp3) is 0.238. The molecule has 0 spiro atoms. The summed E-state index contributed by atoms with van der Waals surface area (Å²) >= 11 is 6.07. The molecule has 0 aliphatic heterocycles. The van der Waals surface area contributed by atoms with Crippen LogP contribution in [-0.2, 0) is 14.3 Å². The molecule has 0 aliphatic carbocycles. The number of nitrogens with one attached hydrogen (secondary N) is 1. The molecule has 0 atom stereocenters. The number of amides is 1. The van der Waals surface area contributed by atoms with Gasteiger partial charge in [-0.05, 0) is 23.8 Å². The summed E-state index contributed by atoms with van der Waals surface area (Å²) in [4.78, 5) is 23.6. The van der Waals surface area contributed by atoms with Gasteiger partial charge in [0.25, 0.3) is 5.91 Å². The molecule has 0 unspecified atom stereocenters. The number of esters is 1. The summed E-state index contributed by atoms with van der Waals surface area (Å²) < 4.78 is 25.8. The van der Waals surface area contributed by atoms with Gasteiger partial charge in [-0.15, -0.1) is 0 Å². The van der Waals surface area contributed by atoms with Crippen LogP contribution in [0.3, 0.4) is 0 Å². The number of ether oxygens (including phenoxy) is 5. The minimum Gasteiger partial charge on any atom is -0.495 e. The number of halogens is 1. The van der Waals surface area contributed by atoms with Crippen LogP contribution >= 0.6 is 11.6 Å². The summed E-state index contributed by atoms with van der Waals surface area (Å²) in [6.45, 7) is -0.276. The van der Waals surface area contributed by atoms with Gasteiger partial charge in [0.15, 0.2) is 18.1 Å². The highest BCUT2D eigenvalue weighted by atomic mass is 35.5. The molecule has 0 saturated carbocycles. The molecular formula is C21H22ClNO7. The van der Waals surface area contributed by atoms with Gasteiger partial charge in [-0.1, -0.05) is 17.7 Å². The van der Waals surface area contributed by atoms with Crippen LogP contribution in [0.4, 0.5) is 5.69 Å². The predicted molar refractivity (Wildman–Crippen MR) is 113 cm³/mol. The van der Waals surface area contributed by atoms with Crippen molar-refractivity contribution < 1.29 is 33.3 Å². The van der Waals surface area contributed by atoms with Gasteiger partial charge >= 0.3 is 5.97 Å². The summed E-state index contributed by atoms with van der Waals surface area (Å²) in [6, 6.07) is 8.11. The standard InChI is InChI=1S/C21H22ClNO7/c1-26-17-11-15(18(27-2)10-14(17)22)23-20(24)12-30-16-7-5-13(9-19(16)28-3)6-8-21(25)29-4/h5-11H,12H2,1-4H3,(H,23,24)/b8-6+. The summed E-state index contributed by atoms with van der Waals surface area (Å²) in [5, 5.41) is 3.05. The molecule has 8 nitrogen and oxygen atoms in total. The molecular weight excluding hydrogens is 414 g/mol. The quantitative estimate of drug-likeness (QED) is 0.475. The molecule has 30 heavy (non-hydrogen) atoms. The molecule has 2 aromatic rings. The van der Waals surface area contributed by atoms with Crippen molar-refractivity contribution in [3.05, 3.63) is 47.0 Å². The van der Waals surface area contributed by atoms with E-state index in [9.17, 15) is 9.59 Å². The second-order valence-electron chi connectivity index (χ2n) is 5.79. The Morgan fingerprint density at radius 3 is 2.27 bits per heavy atom. The Morgan fingerprint density at radius 2 is 1.63 bits per heavy atom. The van der Waals surface area contributed by atoms with Crippen LogP contribution < -0.4 is 24.3 Å². The smallest absolute Gasteiger partial charge is 0.330 e. The zero-order valence-electron chi connectivity index (χ0n) is 17.0. The summed E-state index contributed by atoms with van der Waals surface area (Å²) in [5.41, 5.74) is 1.09. The van der Waals surface area contributed by atoms with Crippen LogP contribution in [-0.4, -0.2) is 46.9 Å². The Kier molecular flexibility index (Phi) is 8.37. The maximum absolute atomic E-state index is 12.3. The maximum atomic E-state index is 12.3.